The highest BCUT2D eigenvalue weighted by Crippen LogP contribution is 2.43. The third kappa shape index (κ3) is 5.90. The highest BCUT2D eigenvalue weighted by molar-refractivity contribution is 7.26. The summed E-state index contributed by atoms with van der Waals surface area (Å²) in [5, 5.41) is 7.33. The molecule has 12 aromatic rings. The van der Waals surface area contributed by atoms with E-state index in [0.717, 1.165) is 55.3 Å². The molecule has 3 heterocycles. The molecule has 60 heavy (non-hydrogen) atoms. The largest absolute Gasteiger partial charge is 0.208 e. The Morgan fingerprint density at radius 2 is 0.833 bits per heavy atom. The average Bonchev–Trinajstić information content (AvgIpc) is 3.90. The number of benzene rings is 9. The molecule has 0 saturated carbocycles. The third-order valence-corrected chi connectivity index (χ3v) is 13.8. The van der Waals surface area contributed by atoms with Crippen LogP contribution in [-0.2, 0) is 0 Å². The molecule has 0 N–H and O–H groups in total. The number of hydrogen-bond acceptors (Lipinski definition) is 5. The molecule has 0 spiro atoms. The van der Waals surface area contributed by atoms with Crippen LogP contribution in [0, 0.1) is 0 Å². The summed E-state index contributed by atoms with van der Waals surface area (Å²) < 4.78 is 5.12. The van der Waals surface area contributed by atoms with Crippen LogP contribution >= 0.6 is 22.7 Å². The highest BCUT2D eigenvalue weighted by atomic mass is 32.1. The van der Waals surface area contributed by atoms with Gasteiger partial charge < -0.3 is 0 Å². The molecule has 5 heteroatoms. The number of fused-ring (bicyclic) bond motifs is 7. The lowest BCUT2D eigenvalue weighted by atomic mass is 9.94. The molecule has 3 nitrogen and oxygen atoms in total. The SMILES string of the molecule is c1ccc(-c2cc(-c3nc(-c4cccc(-c5ccc6c(c5)sc5ccccc56)c4)nc(-c4ccccc4-c4cccc5sc6ccccc6c45)n3)c3ccccc3c2)cc1. The van der Waals surface area contributed by atoms with Gasteiger partial charge in [-0.2, -0.15) is 0 Å². The van der Waals surface area contributed by atoms with Crippen LogP contribution < -0.4 is 0 Å². The van der Waals surface area contributed by atoms with Crippen LogP contribution in [0.1, 0.15) is 0 Å². The Balaban J connectivity index is 1.08. The van der Waals surface area contributed by atoms with Crippen LogP contribution in [0.3, 0.4) is 0 Å². The van der Waals surface area contributed by atoms with E-state index in [2.05, 4.69) is 200 Å². The van der Waals surface area contributed by atoms with Gasteiger partial charge in [-0.15, -0.1) is 22.7 Å². The van der Waals surface area contributed by atoms with Crippen molar-refractivity contribution in [3.8, 4) is 67.5 Å². The first-order valence-corrected chi connectivity index (χ1v) is 21.7. The number of hydrogen-bond donors (Lipinski definition) is 0. The minimum atomic E-state index is 0.628. The fourth-order valence-electron chi connectivity index (χ4n) is 8.69. The molecular formula is C55H33N3S2. The summed E-state index contributed by atoms with van der Waals surface area (Å²) in [5.74, 6) is 1.89. The van der Waals surface area contributed by atoms with Gasteiger partial charge in [0.1, 0.15) is 0 Å². The lowest BCUT2D eigenvalue weighted by Gasteiger charge is -2.15. The van der Waals surface area contributed by atoms with E-state index >= 15 is 0 Å². The van der Waals surface area contributed by atoms with Crippen molar-refractivity contribution >= 4 is 73.8 Å². The summed E-state index contributed by atoms with van der Waals surface area (Å²) >= 11 is 3.67. The minimum Gasteiger partial charge on any atom is -0.208 e. The first-order valence-electron chi connectivity index (χ1n) is 20.1. The van der Waals surface area contributed by atoms with Crippen LogP contribution in [0.4, 0.5) is 0 Å². The van der Waals surface area contributed by atoms with Gasteiger partial charge in [-0.05, 0) is 86.6 Å². The topological polar surface area (TPSA) is 38.7 Å². The predicted octanol–water partition coefficient (Wildman–Crippen LogP) is 15.8. The van der Waals surface area contributed by atoms with Gasteiger partial charge in [-0.25, -0.2) is 15.0 Å². The van der Waals surface area contributed by atoms with Gasteiger partial charge in [0.15, 0.2) is 17.5 Å². The molecule has 280 valence electrons. The fourth-order valence-corrected chi connectivity index (χ4v) is 11.0. The van der Waals surface area contributed by atoms with Crippen molar-refractivity contribution in [2.24, 2.45) is 0 Å². The van der Waals surface area contributed by atoms with Crippen LogP contribution in [0.15, 0.2) is 200 Å². The Kier molecular flexibility index (Phi) is 8.22. The molecule has 0 bridgehead atoms. The zero-order valence-electron chi connectivity index (χ0n) is 32.2. The molecule has 0 amide bonds. The van der Waals surface area contributed by atoms with Gasteiger partial charge in [-0.1, -0.05) is 158 Å². The average molecular weight is 800 g/mol. The first-order chi connectivity index (χ1) is 29.7. The molecular weight excluding hydrogens is 767 g/mol. The number of rotatable bonds is 6. The van der Waals surface area contributed by atoms with Crippen LogP contribution in [0.5, 0.6) is 0 Å². The first kappa shape index (κ1) is 34.7. The van der Waals surface area contributed by atoms with E-state index in [1.807, 2.05) is 22.7 Å². The van der Waals surface area contributed by atoms with E-state index < -0.39 is 0 Å². The second kappa shape index (κ2) is 14.2. The molecule has 0 aliphatic rings. The van der Waals surface area contributed by atoms with Crippen LogP contribution in [-0.4, -0.2) is 15.0 Å². The van der Waals surface area contributed by atoms with E-state index in [9.17, 15) is 0 Å². The second-order valence-electron chi connectivity index (χ2n) is 15.1. The van der Waals surface area contributed by atoms with E-state index in [0.29, 0.717) is 17.5 Å². The van der Waals surface area contributed by atoms with Gasteiger partial charge >= 0.3 is 0 Å². The lowest BCUT2D eigenvalue weighted by Crippen LogP contribution is -2.02. The maximum absolute atomic E-state index is 5.42. The zero-order chi connectivity index (χ0) is 39.6. The van der Waals surface area contributed by atoms with Gasteiger partial charge in [0, 0.05) is 57.0 Å². The van der Waals surface area contributed by atoms with E-state index in [1.165, 1.54) is 45.9 Å². The van der Waals surface area contributed by atoms with Crippen LogP contribution in [0.25, 0.3) is 119 Å². The third-order valence-electron chi connectivity index (χ3n) is 11.5. The Hall–Kier alpha value is -7.31. The van der Waals surface area contributed by atoms with Gasteiger partial charge in [0.05, 0.1) is 0 Å². The Morgan fingerprint density at radius 1 is 0.267 bits per heavy atom. The summed E-state index contributed by atoms with van der Waals surface area (Å²) in [7, 11) is 0. The maximum Gasteiger partial charge on any atom is 0.164 e. The highest BCUT2D eigenvalue weighted by Gasteiger charge is 2.20. The smallest absolute Gasteiger partial charge is 0.164 e. The molecule has 0 aliphatic heterocycles. The molecule has 3 aromatic heterocycles. The number of thiophene rings is 2. The van der Waals surface area contributed by atoms with Crippen molar-refractivity contribution in [3.05, 3.63) is 200 Å². The molecule has 0 saturated heterocycles. The summed E-state index contributed by atoms with van der Waals surface area (Å²) in [6.07, 6.45) is 0. The second-order valence-corrected chi connectivity index (χ2v) is 17.3. The van der Waals surface area contributed by atoms with Crippen LogP contribution in [0.2, 0.25) is 0 Å². The molecule has 12 rings (SSSR count). The number of nitrogens with zero attached hydrogens (tertiary/aromatic N) is 3. The van der Waals surface area contributed by atoms with E-state index in [4.69, 9.17) is 15.0 Å². The molecule has 0 fully saturated rings. The monoisotopic (exact) mass is 799 g/mol. The van der Waals surface area contributed by atoms with Crippen molar-refractivity contribution in [3.63, 3.8) is 0 Å². The molecule has 0 atom stereocenters. The van der Waals surface area contributed by atoms with Crippen molar-refractivity contribution in [2.75, 3.05) is 0 Å². The summed E-state index contributed by atoms with van der Waals surface area (Å²) in [5.41, 5.74) is 9.64. The zero-order valence-corrected chi connectivity index (χ0v) is 33.8. The quantitative estimate of drug-likeness (QED) is 0.168. The van der Waals surface area contributed by atoms with Gasteiger partial charge in [0.25, 0.3) is 0 Å². The summed E-state index contributed by atoms with van der Waals surface area (Å²) in [4.78, 5) is 16.2. The summed E-state index contributed by atoms with van der Waals surface area (Å²) in [6, 6.07) is 71.5. The molecule has 0 unspecified atom stereocenters. The van der Waals surface area contributed by atoms with E-state index in [1.54, 1.807) is 0 Å². The van der Waals surface area contributed by atoms with Gasteiger partial charge in [0.2, 0.25) is 0 Å². The lowest BCUT2D eigenvalue weighted by molar-refractivity contribution is 1.08. The maximum atomic E-state index is 5.42. The van der Waals surface area contributed by atoms with Crippen molar-refractivity contribution in [2.45, 2.75) is 0 Å². The number of aromatic nitrogens is 3. The van der Waals surface area contributed by atoms with Crippen molar-refractivity contribution in [1.29, 1.82) is 0 Å². The normalized spacial score (nSPS) is 11.7. The van der Waals surface area contributed by atoms with Crippen molar-refractivity contribution < 1.29 is 0 Å². The Bertz CT molecular complexity index is 3620. The molecule has 9 aromatic carbocycles. The standard InChI is InChI=1S/C55H33N3S2/c1-2-14-34(15-3-1)39-31-37-16-4-5-19-40(37)47(32-39)55-57-53(38-18-12-17-35(30-38)36-28-29-43-42-21-8-10-25-48(42)60-51(43)33-36)56-54(58-55)45-22-7-6-20-41(45)44-24-13-27-50-52(44)46-23-9-11-26-49(46)59-50/h1-33H. The Morgan fingerprint density at radius 3 is 1.70 bits per heavy atom. The fraction of sp³-hybridized carbons (Fsp3) is 0. The predicted molar refractivity (Wildman–Crippen MR) is 256 cm³/mol. The molecule has 0 aliphatic carbocycles. The van der Waals surface area contributed by atoms with E-state index in [-0.39, 0.29) is 0 Å². The van der Waals surface area contributed by atoms with Crippen molar-refractivity contribution in [1.82, 2.24) is 15.0 Å². The Labute approximate surface area is 354 Å². The minimum absolute atomic E-state index is 0.628. The molecule has 0 radical (unpaired) electrons. The van der Waals surface area contributed by atoms with Gasteiger partial charge in [-0.3, -0.25) is 0 Å². The summed E-state index contributed by atoms with van der Waals surface area (Å²) in [6.45, 7) is 0.